The lowest BCUT2D eigenvalue weighted by Gasteiger charge is -2.23. The lowest BCUT2D eigenvalue weighted by Crippen LogP contribution is -2.26. The third-order valence-electron chi connectivity index (χ3n) is 5.58. The second kappa shape index (κ2) is 15.0. The van der Waals surface area contributed by atoms with Crippen molar-refractivity contribution in [3.05, 3.63) is 94.9 Å². The topological polar surface area (TPSA) is 15.6 Å². The Labute approximate surface area is 211 Å². The molecule has 0 N–H and O–H groups in total. The van der Waals surface area contributed by atoms with Crippen LogP contribution < -0.4 is 0 Å². The maximum absolute atomic E-state index is 5.48. The van der Waals surface area contributed by atoms with Gasteiger partial charge in [-0.2, -0.15) is 11.8 Å². The number of hydrogen-bond donors (Lipinski definition) is 0. The van der Waals surface area contributed by atoms with Crippen LogP contribution in [0.25, 0.3) is 12.2 Å². The highest BCUT2D eigenvalue weighted by molar-refractivity contribution is 7.98. The first kappa shape index (κ1) is 27.3. The number of aryl methyl sites for hydroxylation is 1. The van der Waals surface area contributed by atoms with Crippen LogP contribution in [0, 0.1) is 18.3 Å². The zero-order valence-electron chi connectivity index (χ0n) is 21.3. The maximum atomic E-state index is 5.48. The van der Waals surface area contributed by atoms with Crippen molar-refractivity contribution in [2.45, 2.75) is 40.0 Å². The number of terminal acetylenes is 1. The smallest absolute Gasteiger partial charge is 0.109 e. The SMILES string of the molecule is C#CC(C)\C=C/C=C(C)/N=C(\CCc1ccc2c(c1)C=CCC=C2)N(C)C(/C=C\CSC)=C/C. The number of benzene rings is 1. The summed E-state index contributed by atoms with van der Waals surface area (Å²) in [4.78, 5) is 7.21. The van der Waals surface area contributed by atoms with Crippen molar-refractivity contribution >= 4 is 29.7 Å². The molecule has 2 nitrogen and oxygen atoms in total. The van der Waals surface area contributed by atoms with Crippen LogP contribution in [-0.4, -0.2) is 29.8 Å². The molecule has 0 spiro atoms. The van der Waals surface area contributed by atoms with Gasteiger partial charge in [0.1, 0.15) is 5.84 Å². The number of thioether (sulfide) groups is 1. The van der Waals surface area contributed by atoms with Gasteiger partial charge in [0.2, 0.25) is 0 Å². The lowest BCUT2D eigenvalue weighted by molar-refractivity contribution is 0.622. The fourth-order valence-corrected chi connectivity index (χ4v) is 3.86. The number of amidine groups is 1. The quantitative estimate of drug-likeness (QED) is 0.149. The molecule has 1 aromatic rings. The van der Waals surface area contributed by atoms with E-state index in [9.17, 15) is 0 Å². The molecule has 0 aliphatic heterocycles. The molecule has 0 saturated carbocycles. The minimum Gasteiger partial charge on any atom is -0.333 e. The van der Waals surface area contributed by atoms with Gasteiger partial charge >= 0.3 is 0 Å². The standard InChI is InChI=1S/C31H38N2S/c1-7-25(3)14-12-15-26(4)32-31(33(5)30(8-2)18-13-23-34-6)22-20-27-19-21-28-16-10-9-11-17-29(28)24-27/h1,8,10-19,21,24-25H,9,20,22-23H2,2-6H3/b14-12-,18-13-,26-15+,30-8+,32-31+. The van der Waals surface area contributed by atoms with Gasteiger partial charge in [-0.15, -0.1) is 6.42 Å². The van der Waals surface area contributed by atoms with Crippen molar-refractivity contribution in [2.24, 2.45) is 10.9 Å². The van der Waals surface area contributed by atoms with E-state index in [0.717, 1.165) is 42.2 Å². The second-order valence-electron chi connectivity index (χ2n) is 8.31. The fourth-order valence-electron chi connectivity index (χ4n) is 3.57. The third-order valence-corrected chi connectivity index (χ3v) is 6.11. The molecule has 0 heterocycles. The molecule has 0 amide bonds. The Kier molecular flexibility index (Phi) is 12.1. The van der Waals surface area contributed by atoms with E-state index >= 15 is 0 Å². The van der Waals surface area contributed by atoms with Crippen LogP contribution >= 0.6 is 11.8 Å². The van der Waals surface area contributed by atoms with Crippen molar-refractivity contribution in [2.75, 3.05) is 19.1 Å². The van der Waals surface area contributed by atoms with E-state index in [-0.39, 0.29) is 5.92 Å². The van der Waals surface area contributed by atoms with Gasteiger partial charge in [-0.25, -0.2) is 4.99 Å². The molecule has 178 valence electrons. The highest BCUT2D eigenvalue weighted by Gasteiger charge is 2.11. The summed E-state index contributed by atoms with van der Waals surface area (Å²) in [7, 11) is 2.10. The van der Waals surface area contributed by atoms with E-state index in [2.05, 4.69) is 91.8 Å². The normalized spacial score (nSPS) is 15.5. The summed E-state index contributed by atoms with van der Waals surface area (Å²) >= 11 is 1.81. The number of rotatable bonds is 10. The minimum absolute atomic E-state index is 0.114. The van der Waals surface area contributed by atoms with Gasteiger partial charge in [-0.3, -0.25) is 0 Å². The Hall–Kier alpha value is -2.96. The van der Waals surface area contributed by atoms with Crippen LogP contribution in [0.1, 0.15) is 50.3 Å². The molecule has 1 aliphatic carbocycles. The van der Waals surface area contributed by atoms with Crippen LogP contribution in [0.3, 0.4) is 0 Å². The van der Waals surface area contributed by atoms with E-state index in [4.69, 9.17) is 11.4 Å². The number of hydrogen-bond acceptors (Lipinski definition) is 2. The second-order valence-corrected chi connectivity index (χ2v) is 9.22. The molecule has 1 aromatic carbocycles. The zero-order chi connectivity index (χ0) is 24.8. The number of allylic oxidation sites excluding steroid dienone is 8. The lowest BCUT2D eigenvalue weighted by atomic mass is 10.0. The molecule has 0 bridgehead atoms. The van der Waals surface area contributed by atoms with Gasteiger partial charge in [-0.1, -0.05) is 72.7 Å². The molecule has 0 radical (unpaired) electrons. The highest BCUT2D eigenvalue weighted by Crippen LogP contribution is 2.21. The van der Waals surface area contributed by atoms with Crippen LogP contribution in [-0.2, 0) is 6.42 Å². The maximum Gasteiger partial charge on any atom is 0.109 e. The Bertz CT molecular complexity index is 1060. The molecule has 1 atom stereocenters. The Balaban J connectivity index is 2.28. The van der Waals surface area contributed by atoms with Crippen molar-refractivity contribution in [3.8, 4) is 12.3 Å². The van der Waals surface area contributed by atoms with Gasteiger partial charge in [0.05, 0.1) is 0 Å². The summed E-state index contributed by atoms with van der Waals surface area (Å²) in [6.07, 6.45) is 31.8. The first-order chi connectivity index (χ1) is 16.5. The van der Waals surface area contributed by atoms with Crippen molar-refractivity contribution in [3.63, 3.8) is 0 Å². The molecular formula is C31H38N2S. The molecule has 0 saturated heterocycles. The van der Waals surface area contributed by atoms with Crippen LogP contribution in [0.15, 0.2) is 83.2 Å². The Morgan fingerprint density at radius 1 is 1.26 bits per heavy atom. The van der Waals surface area contributed by atoms with E-state index in [1.165, 1.54) is 16.7 Å². The molecule has 1 aliphatic rings. The van der Waals surface area contributed by atoms with Crippen molar-refractivity contribution in [1.29, 1.82) is 0 Å². The summed E-state index contributed by atoms with van der Waals surface area (Å²) in [5.41, 5.74) is 6.00. The third kappa shape index (κ3) is 9.12. The molecule has 34 heavy (non-hydrogen) atoms. The monoisotopic (exact) mass is 470 g/mol. The molecule has 0 aromatic heterocycles. The average molecular weight is 471 g/mol. The van der Waals surface area contributed by atoms with Crippen molar-refractivity contribution < 1.29 is 0 Å². The molecule has 1 unspecified atom stereocenters. The summed E-state index contributed by atoms with van der Waals surface area (Å²) in [6, 6.07) is 6.77. The first-order valence-electron chi connectivity index (χ1n) is 11.9. The summed E-state index contributed by atoms with van der Waals surface area (Å²) < 4.78 is 0. The predicted molar refractivity (Wildman–Crippen MR) is 155 cm³/mol. The first-order valence-corrected chi connectivity index (χ1v) is 13.3. The van der Waals surface area contributed by atoms with Gasteiger partial charge in [-0.05, 0) is 68.7 Å². The van der Waals surface area contributed by atoms with E-state index in [1.54, 1.807) is 0 Å². The summed E-state index contributed by atoms with van der Waals surface area (Å²) in [5.74, 6) is 4.87. The van der Waals surface area contributed by atoms with Crippen LogP contribution in [0.4, 0.5) is 0 Å². The number of fused-ring (bicyclic) bond motifs is 1. The van der Waals surface area contributed by atoms with Crippen LogP contribution in [0.2, 0.25) is 0 Å². The van der Waals surface area contributed by atoms with E-state index < -0.39 is 0 Å². The number of nitrogens with zero attached hydrogens (tertiary/aromatic N) is 2. The van der Waals surface area contributed by atoms with Crippen LogP contribution in [0.5, 0.6) is 0 Å². The van der Waals surface area contributed by atoms with Gasteiger partial charge in [0, 0.05) is 36.5 Å². The Morgan fingerprint density at radius 2 is 2.03 bits per heavy atom. The van der Waals surface area contributed by atoms with E-state index in [1.807, 2.05) is 43.8 Å². The number of aliphatic imine (C=N–C) groups is 1. The molecule has 0 fully saturated rings. The Morgan fingerprint density at radius 3 is 2.74 bits per heavy atom. The molecule has 2 rings (SSSR count). The molecule has 3 heteroatoms. The fraction of sp³-hybridized carbons (Fsp3) is 0.323. The van der Waals surface area contributed by atoms with Gasteiger partial charge in [0.15, 0.2) is 0 Å². The summed E-state index contributed by atoms with van der Waals surface area (Å²) in [5, 5.41) is 0. The zero-order valence-corrected chi connectivity index (χ0v) is 22.1. The summed E-state index contributed by atoms with van der Waals surface area (Å²) in [6.45, 7) is 6.12. The molecular weight excluding hydrogens is 432 g/mol. The van der Waals surface area contributed by atoms with Gasteiger partial charge in [0.25, 0.3) is 0 Å². The average Bonchev–Trinajstić information content (AvgIpc) is 3.09. The predicted octanol–water partition coefficient (Wildman–Crippen LogP) is 7.93. The van der Waals surface area contributed by atoms with E-state index in [0.29, 0.717) is 0 Å². The highest BCUT2D eigenvalue weighted by atomic mass is 32.2. The number of likely N-dealkylation sites (N-methyl/N-ethyl adjacent to an activating group) is 1. The van der Waals surface area contributed by atoms with Gasteiger partial charge < -0.3 is 4.90 Å². The largest absolute Gasteiger partial charge is 0.333 e. The minimum atomic E-state index is 0.114. The van der Waals surface area contributed by atoms with Crippen molar-refractivity contribution in [1.82, 2.24) is 4.90 Å².